The van der Waals surface area contributed by atoms with Gasteiger partial charge in [-0.15, -0.1) is 0 Å². The lowest BCUT2D eigenvalue weighted by molar-refractivity contribution is 0.283. The third-order valence-corrected chi connectivity index (χ3v) is 5.20. The normalized spacial score (nSPS) is 11.7. The Hall–Kier alpha value is -1.95. The minimum Gasteiger partial charge on any atom is -0.489 e. The van der Waals surface area contributed by atoms with Gasteiger partial charge in [0.15, 0.2) is 11.6 Å². The summed E-state index contributed by atoms with van der Waals surface area (Å²) in [5, 5.41) is 1.87. The average Bonchev–Trinajstić information content (AvgIpc) is 2.58. The molecule has 0 aliphatic heterocycles. The number of rotatable bonds is 5. The fourth-order valence-electron chi connectivity index (χ4n) is 3.25. The highest BCUT2D eigenvalue weighted by molar-refractivity contribution is 9.10. The number of fused-ring (bicyclic) bond motifs is 3. The van der Waals surface area contributed by atoms with Gasteiger partial charge in [0.2, 0.25) is 0 Å². The summed E-state index contributed by atoms with van der Waals surface area (Å²) >= 11 is 3.43. The molecule has 6 heteroatoms. The van der Waals surface area contributed by atoms with E-state index in [0.29, 0.717) is 38.9 Å². The first kappa shape index (κ1) is 18.8. The van der Waals surface area contributed by atoms with Gasteiger partial charge in [0, 0.05) is 24.0 Å². The van der Waals surface area contributed by atoms with Crippen LogP contribution in [0.1, 0.15) is 32.4 Å². The van der Waals surface area contributed by atoms with Crippen molar-refractivity contribution in [3.05, 3.63) is 44.7 Å². The molecule has 0 aliphatic carbocycles. The van der Waals surface area contributed by atoms with Gasteiger partial charge in [0.05, 0.1) is 27.7 Å². The van der Waals surface area contributed by atoms with Crippen LogP contribution in [0.2, 0.25) is 0 Å². The maximum Gasteiger partial charge on any atom is 0.260 e. The van der Waals surface area contributed by atoms with Crippen LogP contribution in [0.5, 0.6) is 5.75 Å². The molecule has 0 saturated heterocycles. The van der Waals surface area contributed by atoms with Gasteiger partial charge in [-0.1, -0.05) is 13.8 Å². The van der Waals surface area contributed by atoms with Crippen LogP contribution >= 0.6 is 15.9 Å². The molecular formula is C20H22BrFN2O2. The van der Waals surface area contributed by atoms with Crippen molar-refractivity contribution in [3.63, 3.8) is 0 Å². The molecule has 3 rings (SSSR count). The van der Waals surface area contributed by atoms with Crippen molar-refractivity contribution in [1.29, 1.82) is 0 Å². The molecule has 4 nitrogen and oxygen atoms in total. The van der Waals surface area contributed by atoms with E-state index in [1.54, 1.807) is 26.2 Å². The SMILES string of the molecule is Cc1nccc2c1c(=O)n(C)c1c(F)c(OCCCC(C)C)c(Br)cc21. The van der Waals surface area contributed by atoms with Crippen LogP contribution in [0.4, 0.5) is 4.39 Å². The highest BCUT2D eigenvalue weighted by Gasteiger charge is 2.20. The molecule has 1 aromatic carbocycles. The summed E-state index contributed by atoms with van der Waals surface area (Å²) in [4.78, 5) is 16.9. The Balaban J connectivity index is 2.19. The monoisotopic (exact) mass is 420 g/mol. The molecule has 0 fully saturated rings. The van der Waals surface area contributed by atoms with Crippen molar-refractivity contribution >= 4 is 37.6 Å². The number of halogens is 2. The first-order valence-electron chi connectivity index (χ1n) is 8.71. The van der Waals surface area contributed by atoms with E-state index in [-0.39, 0.29) is 16.8 Å². The van der Waals surface area contributed by atoms with Crippen molar-refractivity contribution in [2.75, 3.05) is 6.61 Å². The topological polar surface area (TPSA) is 44.1 Å². The summed E-state index contributed by atoms with van der Waals surface area (Å²) in [6.45, 7) is 6.51. The summed E-state index contributed by atoms with van der Waals surface area (Å²) in [6, 6.07) is 3.57. The number of benzene rings is 1. The third-order valence-electron chi connectivity index (χ3n) is 4.61. The number of hydrogen-bond acceptors (Lipinski definition) is 3. The maximum absolute atomic E-state index is 15.3. The molecule has 0 amide bonds. The molecule has 0 atom stereocenters. The third kappa shape index (κ3) is 3.22. The van der Waals surface area contributed by atoms with Gasteiger partial charge in [-0.25, -0.2) is 4.39 Å². The van der Waals surface area contributed by atoms with E-state index in [1.165, 1.54) is 4.57 Å². The van der Waals surface area contributed by atoms with Gasteiger partial charge in [-0.3, -0.25) is 9.78 Å². The van der Waals surface area contributed by atoms with Gasteiger partial charge < -0.3 is 9.30 Å². The van der Waals surface area contributed by atoms with Gasteiger partial charge >= 0.3 is 0 Å². The van der Waals surface area contributed by atoms with E-state index in [0.717, 1.165) is 12.8 Å². The smallest absolute Gasteiger partial charge is 0.260 e. The summed E-state index contributed by atoms with van der Waals surface area (Å²) in [6.07, 6.45) is 3.50. The molecule has 26 heavy (non-hydrogen) atoms. The number of ether oxygens (including phenoxy) is 1. The van der Waals surface area contributed by atoms with Crippen molar-refractivity contribution in [3.8, 4) is 5.75 Å². The van der Waals surface area contributed by atoms with Crippen LogP contribution in [0.15, 0.2) is 27.6 Å². The van der Waals surface area contributed by atoms with E-state index in [2.05, 4.69) is 34.8 Å². The summed E-state index contributed by atoms with van der Waals surface area (Å²) in [7, 11) is 1.58. The fraction of sp³-hybridized carbons (Fsp3) is 0.400. The summed E-state index contributed by atoms with van der Waals surface area (Å²) < 4.78 is 22.8. The van der Waals surface area contributed by atoms with Crippen molar-refractivity contribution < 1.29 is 9.13 Å². The largest absolute Gasteiger partial charge is 0.489 e. The van der Waals surface area contributed by atoms with Crippen molar-refractivity contribution in [2.45, 2.75) is 33.6 Å². The molecule has 2 aromatic heterocycles. The lowest BCUT2D eigenvalue weighted by Crippen LogP contribution is -2.20. The van der Waals surface area contributed by atoms with Crippen LogP contribution < -0.4 is 10.3 Å². The van der Waals surface area contributed by atoms with E-state index in [1.807, 2.05) is 6.07 Å². The molecule has 0 aliphatic rings. The van der Waals surface area contributed by atoms with Crippen molar-refractivity contribution in [2.24, 2.45) is 13.0 Å². The van der Waals surface area contributed by atoms with Crippen LogP contribution in [0.25, 0.3) is 21.7 Å². The number of nitrogens with zero attached hydrogens (tertiary/aromatic N) is 2. The quantitative estimate of drug-likeness (QED) is 0.425. The molecule has 0 saturated carbocycles. The predicted octanol–water partition coefficient (Wildman–Crippen LogP) is 5.11. The molecule has 138 valence electrons. The molecule has 0 N–H and O–H groups in total. The van der Waals surface area contributed by atoms with Crippen LogP contribution in [-0.2, 0) is 7.05 Å². The standard InChI is InChI=1S/C20H22BrFN2O2/c1-11(2)6-5-9-26-19-15(21)10-14-13-7-8-23-12(3)16(13)20(25)24(4)18(14)17(19)22/h7-8,10-11H,5-6,9H2,1-4H3. The van der Waals surface area contributed by atoms with Gasteiger partial charge in [-0.05, 0) is 53.7 Å². The average molecular weight is 421 g/mol. The Morgan fingerprint density at radius 3 is 2.77 bits per heavy atom. The summed E-state index contributed by atoms with van der Waals surface area (Å²) in [5.41, 5.74) is 0.621. The lowest BCUT2D eigenvalue weighted by Gasteiger charge is -2.16. The molecule has 0 unspecified atom stereocenters. The van der Waals surface area contributed by atoms with Gasteiger partial charge in [0.25, 0.3) is 5.56 Å². The van der Waals surface area contributed by atoms with Crippen molar-refractivity contribution in [1.82, 2.24) is 9.55 Å². The van der Waals surface area contributed by atoms with E-state index < -0.39 is 5.82 Å². The second-order valence-corrected chi connectivity index (χ2v) is 7.82. The summed E-state index contributed by atoms with van der Waals surface area (Å²) in [5.74, 6) is 0.212. The van der Waals surface area contributed by atoms with Crippen LogP contribution in [0.3, 0.4) is 0 Å². The minimum absolute atomic E-state index is 0.154. The molecule has 0 radical (unpaired) electrons. The second kappa shape index (κ2) is 7.35. The van der Waals surface area contributed by atoms with Gasteiger partial charge in [0.1, 0.15) is 0 Å². The number of hydrogen-bond donors (Lipinski definition) is 0. The van der Waals surface area contributed by atoms with Crippen LogP contribution in [0, 0.1) is 18.7 Å². The minimum atomic E-state index is -0.519. The molecule has 0 spiro atoms. The van der Waals surface area contributed by atoms with E-state index >= 15 is 4.39 Å². The number of aromatic nitrogens is 2. The Morgan fingerprint density at radius 1 is 1.35 bits per heavy atom. The highest BCUT2D eigenvalue weighted by Crippen LogP contribution is 2.36. The second-order valence-electron chi connectivity index (χ2n) is 6.97. The zero-order chi connectivity index (χ0) is 19.0. The highest BCUT2D eigenvalue weighted by atomic mass is 79.9. The maximum atomic E-state index is 15.3. The fourth-order valence-corrected chi connectivity index (χ4v) is 3.77. The van der Waals surface area contributed by atoms with Crippen LogP contribution in [-0.4, -0.2) is 16.2 Å². The first-order valence-corrected chi connectivity index (χ1v) is 9.51. The molecule has 3 aromatic rings. The zero-order valence-corrected chi connectivity index (χ0v) is 17.0. The predicted molar refractivity (Wildman–Crippen MR) is 106 cm³/mol. The lowest BCUT2D eigenvalue weighted by atomic mass is 10.1. The Morgan fingerprint density at radius 2 is 2.08 bits per heavy atom. The zero-order valence-electron chi connectivity index (χ0n) is 15.4. The molecule has 2 heterocycles. The van der Waals surface area contributed by atoms with E-state index in [4.69, 9.17) is 4.74 Å². The molecular weight excluding hydrogens is 399 g/mol. The molecule has 0 bridgehead atoms. The van der Waals surface area contributed by atoms with E-state index in [9.17, 15) is 4.79 Å². The Bertz CT molecular complexity index is 1040. The number of aryl methyl sites for hydroxylation is 2. The Kier molecular flexibility index (Phi) is 5.32. The first-order chi connectivity index (χ1) is 12.3. The Labute approximate surface area is 160 Å². The number of pyridine rings is 2. The van der Waals surface area contributed by atoms with Gasteiger partial charge in [-0.2, -0.15) is 0 Å².